The van der Waals surface area contributed by atoms with Gasteiger partial charge in [-0.15, -0.1) is 0 Å². The van der Waals surface area contributed by atoms with E-state index >= 15 is 0 Å². The van der Waals surface area contributed by atoms with Crippen molar-refractivity contribution in [3.05, 3.63) is 18.0 Å². The average Bonchev–Trinajstić information content (AvgIpc) is 2.93. The van der Waals surface area contributed by atoms with E-state index < -0.39 is 0 Å². The molecule has 20 heavy (non-hydrogen) atoms. The third kappa shape index (κ3) is 4.34. The molecule has 2 rings (SSSR count). The van der Waals surface area contributed by atoms with E-state index in [4.69, 9.17) is 0 Å². The van der Waals surface area contributed by atoms with Crippen LogP contribution >= 0.6 is 0 Å². The van der Waals surface area contributed by atoms with E-state index in [0.717, 1.165) is 25.4 Å². The van der Waals surface area contributed by atoms with Crippen LogP contribution in [0.15, 0.2) is 12.3 Å². The van der Waals surface area contributed by atoms with Crippen LogP contribution in [0.25, 0.3) is 0 Å². The van der Waals surface area contributed by atoms with Crippen molar-refractivity contribution >= 4 is 0 Å². The largest absolute Gasteiger partial charge is 0.309 e. The number of aromatic nitrogens is 2. The van der Waals surface area contributed by atoms with Gasteiger partial charge in [0.15, 0.2) is 0 Å². The molecule has 0 bridgehead atoms. The van der Waals surface area contributed by atoms with Crippen LogP contribution in [0, 0.1) is 5.92 Å². The number of nitrogens with one attached hydrogen (secondary N) is 1. The first kappa shape index (κ1) is 15.6. The Balaban J connectivity index is 1.93. The summed E-state index contributed by atoms with van der Waals surface area (Å²) in [4.78, 5) is 0. The van der Waals surface area contributed by atoms with Crippen molar-refractivity contribution in [2.75, 3.05) is 6.54 Å². The van der Waals surface area contributed by atoms with Crippen LogP contribution in [-0.4, -0.2) is 16.3 Å². The van der Waals surface area contributed by atoms with Gasteiger partial charge in [0.25, 0.3) is 0 Å². The van der Waals surface area contributed by atoms with Gasteiger partial charge in [0, 0.05) is 18.8 Å². The van der Waals surface area contributed by atoms with E-state index in [0.29, 0.717) is 6.04 Å². The topological polar surface area (TPSA) is 29.9 Å². The maximum absolute atomic E-state index is 4.48. The van der Waals surface area contributed by atoms with Crippen LogP contribution in [0.5, 0.6) is 0 Å². The Bertz CT molecular complexity index is 366. The lowest BCUT2D eigenvalue weighted by atomic mass is 9.85. The van der Waals surface area contributed by atoms with E-state index in [1.54, 1.807) is 0 Å². The van der Waals surface area contributed by atoms with Gasteiger partial charge in [-0.2, -0.15) is 5.10 Å². The molecule has 1 atom stereocenters. The van der Waals surface area contributed by atoms with Gasteiger partial charge in [-0.25, -0.2) is 0 Å². The van der Waals surface area contributed by atoms with Crippen molar-refractivity contribution in [2.24, 2.45) is 5.92 Å². The molecule has 1 fully saturated rings. The van der Waals surface area contributed by atoms with Gasteiger partial charge in [0.2, 0.25) is 0 Å². The zero-order valence-electron chi connectivity index (χ0n) is 13.3. The first-order valence-electron chi connectivity index (χ1n) is 8.60. The highest BCUT2D eigenvalue weighted by Gasteiger charge is 2.19. The van der Waals surface area contributed by atoms with Crippen molar-refractivity contribution in [1.82, 2.24) is 15.1 Å². The summed E-state index contributed by atoms with van der Waals surface area (Å²) in [6.07, 6.45) is 13.0. The standard InChI is InChI=1S/C17H31N3/c1-3-14-20-17(12-13-19-20)16(18-4-2)11-10-15-8-6-5-7-9-15/h12-13,15-16,18H,3-11,14H2,1-2H3. The number of hydrogen-bond donors (Lipinski definition) is 1. The molecule has 1 heterocycles. The molecule has 0 aromatic carbocycles. The molecule has 0 saturated heterocycles. The molecule has 1 aliphatic rings. The van der Waals surface area contributed by atoms with Gasteiger partial charge in [-0.3, -0.25) is 4.68 Å². The fourth-order valence-corrected chi connectivity index (χ4v) is 3.52. The third-order valence-electron chi connectivity index (χ3n) is 4.58. The van der Waals surface area contributed by atoms with Gasteiger partial charge in [0.05, 0.1) is 5.69 Å². The molecule has 1 saturated carbocycles. The monoisotopic (exact) mass is 277 g/mol. The van der Waals surface area contributed by atoms with E-state index in [1.165, 1.54) is 50.6 Å². The Kier molecular flexibility index (Phi) is 6.58. The van der Waals surface area contributed by atoms with Crippen molar-refractivity contribution in [1.29, 1.82) is 0 Å². The number of rotatable bonds is 8. The zero-order chi connectivity index (χ0) is 14.2. The van der Waals surface area contributed by atoms with Gasteiger partial charge in [-0.1, -0.05) is 46.0 Å². The second-order valence-electron chi connectivity index (χ2n) is 6.17. The fraction of sp³-hybridized carbons (Fsp3) is 0.824. The smallest absolute Gasteiger partial charge is 0.0553 e. The molecular weight excluding hydrogens is 246 g/mol. The van der Waals surface area contributed by atoms with Crippen LogP contribution in [-0.2, 0) is 6.54 Å². The maximum Gasteiger partial charge on any atom is 0.0553 e. The molecule has 1 aromatic heterocycles. The lowest BCUT2D eigenvalue weighted by Crippen LogP contribution is -2.25. The molecule has 0 aliphatic heterocycles. The van der Waals surface area contributed by atoms with E-state index in [9.17, 15) is 0 Å². The van der Waals surface area contributed by atoms with Crippen LogP contribution in [0.4, 0.5) is 0 Å². The van der Waals surface area contributed by atoms with E-state index in [1.807, 2.05) is 6.20 Å². The summed E-state index contributed by atoms with van der Waals surface area (Å²) < 4.78 is 2.19. The van der Waals surface area contributed by atoms with Crippen LogP contribution < -0.4 is 5.32 Å². The Morgan fingerprint density at radius 2 is 2.10 bits per heavy atom. The molecule has 0 spiro atoms. The van der Waals surface area contributed by atoms with Crippen molar-refractivity contribution in [2.45, 2.75) is 77.8 Å². The minimum absolute atomic E-state index is 0.482. The third-order valence-corrected chi connectivity index (χ3v) is 4.58. The molecule has 1 N–H and O–H groups in total. The summed E-state index contributed by atoms with van der Waals surface area (Å²) in [5, 5.41) is 8.14. The van der Waals surface area contributed by atoms with Gasteiger partial charge in [-0.05, 0) is 37.8 Å². The second kappa shape index (κ2) is 8.46. The highest BCUT2D eigenvalue weighted by molar-refractivity contribution is 5.07. The first-order valence-corrected chi connectivity index (χ1v) is 8.60. The molecular formula is C17H31N3. The summed E-state index contributed by atoms with van der Waals surface area (Å²) in [6, 6.07) is 2.68. The van der Waals surface area contributed by atoms with E-state index in [-0.39, 0.29) is 0 Å². The molecule has 1 aromatic rings. The normalized spacial score (nSPS) is 18.3. The van der Waals surface area contributed by atoms with Crippen LogP contribution in [0.2, 0.25) is 0 Å². The Labute approximate surface area is 124 Å². The molecule has 114 valence electrons. The average molecular weight is 277 g/mol. The second-order valence-corrected chi connectivity index (χ2v) is 6.17. The van der Waals surface area contributed by atoms with Gasteiger partial charge < -0.3 is 5.32 Å². The first-order chi connectivity index (χ1) is 9.85. The molecule has 0 amide bonds. The van der Waals surface area contributed by atoms with Crippen molar-refractivity contribution in [3.63, 3.8) is 0 Å². The molecule has 1 unspecified atom stereocenters. The number of aryl methyl sites for hydroxylation is 1. The van der Waals surface area contributed by atoms with Crippen molar-refractivity contribution < 1.29 is 0 Å². The van der Waals surface area contributed by atoms with Crippen LogP contribution in [0.3, 0.4) is 0 Å². The maximum atomic E-state index is 4.48. The predicted octanol–water partition coefficient (Wildman–Crippen LogP) is 4.30. The predicted molar refractivity (Wildman–Crippen MR) is 84.7 cm³/mol. The SMILES string of the molecule is CCCn1nccc1C(CCC1CCCCC1)NCC. The molecule has 0 radical (unpaired) electrons. The Morgan fingerprint density at radius 1 is 1.30 bits per heavy atom. The summed E-state index contributed by atoms with van der Waals surface area (Å²) in [7, 11) is 0. The lowest BCUT2D eigenvalue weighted by molar-refractivity contribution is 0.311. The fourth-order valence-electron chi connectivity index (χ4n) is 3.52. The lowest BCUT2D eigenvalue weighted by Gasteiger charge is -2.25. The quantitative estimate of drug-likeness (QED) is 0.767. The van der Waals surface area contributed by atoms with E-state index in [2.05, 4.69) is 35.0 Å². The molecule has 1 aliphatic carbocycles. The minimum atomic E-state index is 0.482. The summed E-state index contributed by atoms with van der Waals surface area (Å²) >= 11 is 0. The summed E-state index contributed by atoms with van der Waals surface area (Å²) in [5.41, 5.74) is 1.38. The molecule has 3 nitrogen and oxygen atoms in total. The highest BCUT2D eigenvalue weighted by atomic mass is 15.3. The number of nitrogens with zero attached hydrogens (tertiary/aromatic N) is 2. The molecule has 3 heteroatoms. The Morgan fingerprint density at radius 3 is 2.80 bits per heavy atom. The summed E-state index contributed by atoms with van der Waals surface area (Å²) in [6.45, 7) is 6.49. The van der Waals surface area contributed by atoms with Crippen molar-refractivity contribution in [3.8, 4) is 0 Å². The summed E-state index contributed by atoms with van der Waals surface area (Å²) in [5.74, 6) is 0.965. The number of hydrogen-bond acceptors (Lipinski definition) is 2. The zero-order valence-corrected chi connectivity index (χ0v) is 13.3. The minimum Gasteiger partial charge on any atom is -0.309 e. The Hall–Kier alpha value is -0.830. The van der Waals surface area contributed by atoms with Gasteiger partial charge >= 0.3 is 0 Å². The van der Waals surface area contributed by atoms with Gasteiger partial charge in [0.1, 0.15) is 0 Å². The van der Waals surface area contributed by atoms with Crippen LogP contribution in [0.1, 0.15) is 76.9 Å². The highest BCUT2D eigenvalue weighted by Crippen LogP contribution is 2.30.